The largest absolute Gasteiger partial charge is 0.481 e. The number of hydrogen-bond acceptors (Lipinski definition) is 3. The van der Waals surface area contributed by atoms with Crippen molar-refractivity contribution in [3.8, 4) is 0 Å². The quantitative estimate of drug-likeness (QED) is 0.876. The van der Waals surface area contributed by atoms with Crippen molar-refractivity contribution in [2.24, 2.45) is 11.8 Å². The predicted octanol–water partition coefficient (Wildman–Crippen LogP) is 2.11. The lowest BCUT2D eigenvalue weighted by Crippen LogP contribution is -2.45. The zero-order chi connectivity index (χ0) is 18.0. The summed E-state index contributed by atoms with van der Waals surface area (Å²) in [6.07, 6.45) is 3.00. The van der Waals surface area contributed by atoms with Crippen LogP contribution in [0.2, 0.25) is 0 Å². The van der Waals surface area contributed by atoms with Crippen LogP contribution in [0.15, 0.2) is 24.3 Å². The van der Waals surface area contributed by atoms with E-state index >= 15 is 0 Å². The minimum absolute atomic E-state index is 0.0946. The summed E-state index contributed by atoms with van der Waals surface area (Å²) in [6, 6.07) is 7.23. The van der Waals surface area contributed by atoms with Crippen molar-refractivity contribution in [3.63, 3.8) is 0 Å². The van der Waals surface area contributed by atoms with Gasteiger partial charge in [0.1, 0.15) is 6.04 Å². The molecule has 2 amide bonds. The van der Waals surface area contributed by atoms with Gasteiger partial charge in [0.2, 0.25) is 11.8 Å². The van der Waals surface area contributed by atoms with Crippen LogP contribution in [0.25, 0.3) is 0 Å². The van der Waals surface area contributed by atoms with Gasteiger partial charge >= 0.3 is 5.97 Å². The van der Waals surface area contributed by atoms with E-state index in [-0.39, 0.29) is 17.7 Å². The molecular formula is C19H24N2O4. The van der Waals surface area contributed by atoms with Gasteiger partial charge in [-0.15, -0.1) is 0 Å². The molecule has 25 heavy (non-hydrogen) atoms. The van der Waals surface area contributed by atoms with Crippen LogP contribution in [0.5, 0.6) is 0 Å². The molecule has 1 heterocycles. The topological polar surface area (TPSA) is 86.7 Å². The lowest BCUT2D eigenvalue weighted by Gasteiger charge is -2.26. The van der Waals surface area contributed by atoms with E-state index in [1.807, 2.05) is 31.2 Å². The molecule has 6 heteroatoms. The first-order valence-electron chi connectivity index (χ1n) is 8.87. The summed E-state index contributed by atoms with van der Waals surface area (Å²) >= 11 is 0. The number of carbonyl (C=O) groups excluding carboxylic acids is 2. The molecule has 0 radical (unpaired) electrons. The van der Waals surface area contributed by atoms with E-state index in [2.05, 4.69) is 5.32 Å². The molecule has 1 aromatic carbocycles. The molecule has 1 aliphatic heterocycles. The van der Waals surface area contributed by atoms with Crippen molar-refractivity contribution < 1.29 is 19.5 Å². The van der Waals surface area contributed by atoms with Crippen molar-refractivity contribution in [2.45, 2.75) is 45.1 Å². The molecule has 1 saturated carbocycles. The van der Waals surface area contributed by atoms with E-state index in [1.54, 1.807) is 4.90 Å². The molecule has 3 unspecified atom stereocenters. The van der Waals surface area contributed by atoms with Crippen LogP contribution in [0.3, 0.4) is 0 Å². The number of carboxylic acid groups (broad SMARTS) is 1. The van der Waals surface area contributed by atoms with E-state index in [0.717, 1.165) is 17.7 Å². The Morgan fingerprint density at radius 1 is 1.12 bits per heavy atom. The molecule has 6 nitrogen and oxygen atoms in total. The van der Waals surface area contributed by atoms with Crippen LogP contribution in [0, 0.1) is 18.8 Å². The summed E-state index contributed by atoms with van der Waals surface area (Å²) in [6.45, 7) is 2.57. The Morgan fingerprint density at radius 3 is 2.48 bits per heavy atom. The third-order valence-corrected chi connectivity index (χ3v) is 5.26. The van der Waals surface area contributed by atoms with E-state index in [0.29, 0.717) is 32.2 Å². The van der Waals surface area contributed by atoms with Crippen LogP contribution in [-0.2, 0) is 14.4 Å². The van der Waals surface area contributed by atoms with Crippen molar-refractivity contribution in [2.75, 3.05) is 11.4 Å². The van der Waals surface area contributed by atoms with Gasteiger partial charge in [-0.3, -0.25) is 14.4 Å². The van der Waals surface area contributed by atoms with E-state index in [1.165, 1.54) is 0 Å². The second-order valence-electron chi connectivity index (χ2n) is 7.07. The first kappa shape index (κ1) is 17.5. The number of carbonyl (C=O) groups is 3. The van der Waals surface area contributed by atoms with E-state index in [9.17, 15) is 14.4 Å². The molecule has 1 saturated heterocycles. The molecule has 134 valence electrons. The Bertz CT molecular complexity index is 671. The van der Waals surface area contributed by atoms with Gasteiger partial charge in [0, 0.05) is 18.2 Å². The molecule has 0 aromatic heterocycles. The highest BCUT2D eigenvalue weighted by Crippen LogP contribution is 2.30. The average Bonchev–Trinajstić information content (AvgIpc) is 2.96. The van der Waals surface area contributed by atoms with Gasteiger partial charge in [-0.25, -0.2) is 0 Å². The molecule has 2 aliphatic rings. The zero-order valence-corrected chi connectivity index (χ0v) is 14.4. The number of nitrogens with one attached hydrogen (secondary N) is 1. The van der Waals surface area contributed by atoms with Crippen molar-refractivity contribution in [1.29, 1.82) is 0 Å². The highest BCUT2D eigenvalue weighted by atomic mass is 16.4. The maximum atomic E-state index is 12.6. The lowest BCUT2D eigenvalue weighted by atomic mass is 9.81. The summed E-state index contributed by atoms with van der Waals surface area (Å²) < 4.78 is 0. The second kappa shape index (κ2) is 7.25. The number of hydrogen-bond donors (Lipinski definition) is 2. The van der Waals surface area contributed by atoms with Gasteiger partial charge < -0.3 is 15.3 Å². The standard InChI is InChI=1S/C19H24N2O4/c1-12-5-7-15(8-6-12)21-10-9-16(18(21)23)20-17(22)13-3-2-4-14(11-13)19(24)25/h5-8,13-14,16H,2-4,9-11H2,1H3,(H,20,22)(H,24,25). The van der Waals surface area contributed by atoms with Gasteiger partial charge in [0.05, 0.1) is 5.92 Å². The number of anilines is 1. The number of aliphatic carboxylic acids is 1. The third kappa shape index (κ3) is 3.83. The molecule has 2 N–H and O–H groups in total. The monoisotopic (exact) mass is 344 g/mol. The zero-order valence-electron chi connectivity index (χ0n) is 14.4. The summed E-state index contributed by atoms with van der Waals surface area (Å²) in [5, 5.41) is 12.0. The molecular weight excluding hydrogens is 320 g/mol. The number of carboxylic acids is 1. The van der Waals surface area contributed by atoms with Crippen LogP contribution in [-0.4, -0.2) is 35.5 Å². The van der Waals surface area contributed by atoms with Gasteiger partial charge in [0.15, 0.2) is 0 Å². The number of nitrogens with zero attached hydrogens (tertiary/aromatic N) is 1. The van der Waals surface area contributed by atoms with Crippen LogP contribution >= 0.6 is 0 Å². The molecule has 3 rings (SSSR count). The van der Waals surface area contributed by atoms with Crippen LogP contribution in [0.1, 0.15) is 37.7 Å². The van der Waals surface area contributed by atoms with Gasteiger partial charge in [-0.2, -0.15) is 0 Å². The highest BCUT2D eigenvalue weighted by Gasteiger charge is 2.37. The predicted molar refractivity (Wildman–Crippen MR) is 93.2 cm³/mol. The molecule has 1 aromatic rings. The Kier molecular flexibility index (Phi) is 5.06. The fourth-order valence-electron chi connectivity index (χ4n) is 3.74. The smallest absolute Gasteiger partial charge is 0.306 e. The minimum Gasteiger partial charge on any atom is -0.481 e. The average molecular weight is 344 g/mol. The van der Waals surface area contributed by atoms with Crippen molar-refractivity contribution >= 4 is 23.5 Å². The number of aryl methyl sites for hydroxylation is 1. The van der Waals surface area contributed by atoms with Gasteiger partial charge in [-0.05, 0) is 44.7 Å². The fourth-order valence-corrected chi connectivity index (χ4v) is 3.74. The molecule has 0 bridgehead atoms. The number of rotatable bonds is 4. The summed E-state index contributed by atoms with van der Waals surface area (Å²) in [5.74, 6) is -1.87. The third-order valence-electron chi connectivity index (χ3n) is 5.26. The molecule has 3 atom stereocenters. The normalized spacial score (nSPS) is 26.5. The number of amides is 2. The molecule has 0 spiro atoms. The maximum Gasteiger partial charge on any atom is 0.306 e. The van der Waals surface area contributed by atoms with Gasteiger partial charge in [0.25, 0.3) is 0 Å². The van der Waals surface area contributed by atoms with Crippen molar-refractivity contribution in [3.05, 3.63) is 29.8 Å². The minimum atomic E-state index is -0.833. The Morgan fingerprint density at radius 2 is 1.80 bits per heavy atom. The van der Waals surface area contributed by atoms with Crippen LogP contribution < -0.4 is 10.2 Å². The van der Waals surface area contributed by atoms with Crippen molar-refractivity contribution in [1.82, 2.24) is 5.32 Å². The maximum absolute atomic E-state index is 12.6. The first-order chi connectivity index (χ1) is 12.0. The summed E-state index contributed by atoms with van der Waals surface area (Å²) in [5.41, 5.74) is 1.97. The van der Waals surface area contributed by atoms with Crippen LogP contribution in [0.4, 0.5) is 5.69 Å². The fraction of sp³-hybridized carbons (Fsp3) is 0.526. The highest BCUT2D eigenvalue weighted by molar-refractivity contribution is 6.01. The first-order valence-corrected chi connectivity index (χ1v) is 8.87. The summed E-state index contributed by atoms with van der Waals surface area (Å²) in [4.78, 5) is 37.9. The molecule has 1 aliphatic carbocycles. The Hall–Kier alpha value is -2.37. The second-order valence-corrected chi connectivity index (χ2v) is 7.07. The number of benzene rings is 1. The molecule has 2 fully saturated rings. The summed E-state index contributed by atoms with van der Waals surface area (Å²) in [7, 11) is 0. The van der Waals surface area contributed by atoms with E-state index < -0.39 is 17.9 Å². The lowest BCUT2D eigenvalue weighted by molar-refractivity contribution is -0.144. The Labute approximate surface area is 147 Å². The van der Waals surface area contributed by atoms with Gasteiger partial charge in [-0.1, -0.05) is 24.1 Å². The SMILES string of the molecule is Cc1ccc(N2CCC(NC(=O)C3CCCC(C(=O)O)C3)C2=O)cc1. The van der Waals surface area contributed by atoms with E-state index in [4.69, 9.17) is 5.11 Å². The Balaban J connectivity index is 1.60.